The minimum absolute atomic E-state index is 0.0514. The average Bonchev–Trinajstić information content (AvgIpc) is 2.91. The molecule has 0 bridgehead atoms. The van der Waals surface area contributed by atoms with Crippen molar-refractivity contribution in [2.24, 2.45) is 5.14 Å². The fraction of sp³-hybridized carbons (Fsp3) is 0.615. The van der Waals surface area contributed by atoms with Crippen molar-refractivity contribution in [3.8, 4) is 0 Å². The van der Waals surface area contributed by atoms with Crippen LogP contribution in [0.25, 0.3) is 0 Å². The van der Waals surface area contributed by atoms with E-state index in [9.17, 15) is 13.2 Å². The normalized spacial score (nSPS) is 16.9. The van der Waals surface area contributed by atoms with E-state index < -0.39 is 16.0 Å². The molecule has 1 aliphatic rings. The number of carbonyl (C=O) groups excluding carboxylic acids is 1. The standard InChI is InChI=1S/C13H21N3O4S/c1-2-7-20-13(17)12-8-11(21(14,18)19)9-16(12)10-3-5-15-6-4-10/h8-10,15H,2-7H2,1H3,(H2,14,18,19). The van der Waals surface area contributed by atoms with Crippen molar-refractivity contribution in [1.29, 1.82) is 0 Å². The Morgan fingerprint density at radius 1 is 1.48 bits per heavy atom. The molecule has 1 aromatic rings. The van der Waals surface area contributed by atoms with Gasteiger partial charge in [0, 0.05) is 12.2 Å². The highest BCUT2D eigenvalue weighted by Crippen LogP contribution is 2.25. The summed E-state index contributed by atoms with van der Waals surface area (Å²) in [5, 5.41) is 8.40. The molecule has 0 unspecified atom stereocenters. The van der Waals surface area contributed by atoms with Gasteiger partial charge in [-0.2, -0.15) is 0 Å². The first-order valence-electron chi connectivity index (χ1n) is 7.06. The summed E-state index contributed by atoms with van der Waals surface area (Å²) >= 11 is 0. The quantitative estimate of drug-likeness (QED) is 0.776. The van der Waals surface area contributed by atoms with Gasteiger partial charge in [0.05, 0.1) is 6.61 Å². The van der Waals surface area contributed by atoms with Gasteiger partial charge in [-0.15, -0.1) is 0 Å². The van der Waals surface area contributed by atoms with E-state index in [0.717, 1.165) is 25.9 Å². The number of aromatic nitrogens is 1. The topological polar surface area (TPSA) is 103 Å². The van der Waals surface area contributed by atoms with Crippen molar-refractivity contribution >= 4 is 16.0 Å². The van der Waals surface area contributed by atoms with E-state index in [1.807, 2.05) is 6.92 Å². The zero-order valence-corrected chi connectivity index (χ0v) is 12.9. The third-order valence-electron chi connectivity index (χ3n) is 3.50. The predicted octanol–water partition coefficient (Wildman–Crippen LogP) is 0.627. The summed E-state index contributed by atoms with van der Waals surface area (Å²) in [5.74, 6) is -0.509. The number of sulfonamides is 1. The first-order valence-corrected chi connectivity index (χ1v) is 8.60. The third-order valence-corrected chi connectivity index (χ3v) is 4.38. The molecule has 1 aliphatic heterocycles. The molecule has 0 radical (unpaired) electrons. The van der Waals surface area contributed by atoms with Crippen molar-refractivity contribution in [2.75, 3.05) is 19.7 Å². The molecular weight excluding hydrogens is 294 g/mol. The van der Waals surface area contributed by atoms with Gasteiger partial charge in [0.15, 0.2) is 0 Å². The summed E-state index contributed by atoms with van der Waals surface area (Å²) < 4.78 is 29.9. The first kappa shape index (κ1) is 16.0. The summed E-state index contributed by atoms with van der Waals surface area (Å²) in [5.41, 5.74) is 0.249. The maximum absolute atomic E-state index is 12.1. The number of piperidine rings is 1. The van der Waals surface area contributed by atoms with Crippen LogP contribution in [0.5, 0.6) is 0 Å². The lowest BCUT2D eigenvalue weighted by molar-refractivity contribution is 0.0488. The molecule has 1 aromatic heterocycles. The third kappa shape index (κ3) is 3.84. The Balaban J connectivity index is 2.35. The van der Waals surface area contributed by atoms with Crippen LogP contribution in [0.4, 0.5) is 0 Å². The van der Waals surface area contributed by atoms with Gasteiger partial charge in [0.2, 0.25) is 10.0 Å². The number of ether oxygens (including phenoxy) is 1. The van der Waals surface area contributed by atoms with Crippen LogP contribution < -0.4 is 10.5 Å². The SMILES string of the molecule is CCCOC(=O)c1cc(S(N)(=O)=O)cn1C1CCNCC1. The molecule has 21 heavy (non-hydrogen) atoms. The Kier molecular flexibility index (Phi) is 5.02. The molecule has 2 heterocycles. The highest BCUT2D eigenvalue weighted by molar-refractivity contribution is 7.89. The largest absolute Gasteiger partial charge is 0.461 e. The molecule has 0 spiro atoms. The van der Waals surface area contributed by atoms with E-state index in [1.165, 1.54) is 12.3 Å². The summed E-state index contributed by atoms with van der Waals surface area (Å²) in [6.45, 7) is 3.86. The zero-order chi connectivity index (χ0) is 15.5. The molecular formula is C13H21N3O4S. The molecule has 118 valence electrons. The number of rotatable bonds is 5. The molecule has 1 saturated heterocycles. The number of nitrogens with two attached hydrogens (primary N) is 1. The fourth-order valence-corrected chi connectivity index (χ4v) is 2.97. The molecule has 2 rings (SSSR count). The van der Waals surface area contributed by atoms with Gasteiger partial charge in [0.25, 0.3) is 0 Å². The number of primary sulfonamides is 1. The summed E-state index contributed by atoms with van der Waals surface area (Å²) in [4.78, 5) is 12.1. The van der Waals surface area contributed by atoms with E-state index in [2.05, 4.69) is 5.32 Å². The fourth-order valence-electron chi connectivity index (χ4n) is 2.43. The van der Waals surface area contributed by atoms with Gasteiger partial charge in [0.1, 0.15) is 10.6 Å². The summed E-state index contributed by atoms with van der Waals surface area (Å²) in [6.07, 6.45) is 3.80. The first-order chi connectivity index (χ1) is 9.93. The molecule has 8 heteroatoms. The van der Waals surface area contributed by atoms with Gasteiger partial charge in [-0.05, 0) is 38.4 Å². The molecule has 0 atom stereocenters. The van der Waals surface area contributed by atoms with Crippen LogP contribution in [0.15, 0.2) is 17.2 Å². The Morgan fingerprint density at radius 3 is 2.71 bits per heavy atom. The van der Waals surface area contributed by atoms with E-state index >= 15 is 0 Å². The second-order valence-electron chi connectivity index (χ2n) is 5.13. The minimum Gasteiger partial charge on any atom is -0.461 e. The monoisotopic (exact) mass is 315 g/mol. The van der Waals surface area contributed by atoms with Crippen molar-refractivity contribution in [3.63, 3.8) is 0 Å². The lowest BCUT2D eigenvalue weighted by Crippen LogP contribution is -2.30. The van der Waals surface area contributed by atoms with E-state index in [0.29, 0.717) is 13.0 Å². The van der Waals surface area contributed by atoms with Crippen molar-refractivity contribution in [1.82, 2.24) is 9.88 Å². The second-order valence-corrected chi connectivity index (χ2v) is 6.69. The summed E-state index contributed by atoms with van der Waals surface area (Å²) in [6, 6.07) is 1.38. The smallest absolute Gasteiger partial charge is 0.354 e. The molecule has 0 aromatic carbocycles. The zero-order valence-electron chi connectivity index (χ0n) is 12.0. The van der Waals surface area contributed by atoms with Crippen LogP contribution >= 0.6 is 0 Å². The van der Waals surface area contributed by atoms with Crippen molar-refractivity contribution in [3.05, 3.63) is 18.0 Å². The highest BCUT2D eigenvalue weighted by Gasteiger charge is 2.25. The lowest BCUT2D eigenvalue weighted by Gasteiger charge is -2.25. The maximum atomic E-state index is 12.1. The van der Waals surface area contributed by atoms with Crippen LogP contribution in [-0.2, 0) is 14.8 Å². The Morgan fingerprint density at radius 2 is 2.14 bits per heavy atom. The molecule has 3 N–H and O–H groups in total. The molecule has 0 aliphatic carbocycles. The van der Waals surface area contributed by atoms with Gasteiger partial charge in [-0.25, -0.2) is 18.4 Å². The maximum Gasteiger partial charge on any atom is 0.354 e. The molecule has 1 fully saturated rings. The predicted molar refractivity (Wildman–Crippen MR) is 77.5 cm³/mol. The Bertz CT molecular complexity index is 603. The average molecular weight is 315 g/mol. The Hall–Kier alpha value is -1.38. The number of hydrogen-bond acceptors (Lipinski definition) is 5. The molecule has 7 nitrogen and oxygen atoms in total. The second kappa shape index (κ2) is 6.59. The van der Waals surface area contributed by atoms with Crippen LogP contribution in [0, 0.1) is 0 Å². The van der Waals surface area contributed by atoms with Gasteiger partial charge < -0.3 is 14.6 Å². The van der Waals surface area contributed by atoms with E-state index in [4.69, 9.17) is 9.88 Å². The lowest BCUT2D eigenvalue weighted by atomic mass is 10.1. The van der Waals surface area contributed by atoms with Crippen LogP contribution in [0.1, 0.15) is 42.7 Å². The van der Waals surface area contributed by atoms with Crippen molar-refractivity contribution in [2.45, 2.75) is 37.1 Å². The highest BCUT2D eigenvalue weighted by atomic mass is 32.2. The number of nitrogens with one attached hydrogen (secondary N) is 1. The number of carbonyl (C=O) groups is 1. The summed E-state index contributed by atoms with van der Waals surface area (Å²) in [7, 11) is -3.84. The van der Waals surface area contributed by atoms with Gasteiger partial charge >= 0.3 is 5.97 Å². The van der Waals surface area contributed by atoms with E-state index in [-0.39, 0.29) is 16.6 Å². The van der Waals surface area contributed by atoms with Gasteiger partial charge in [-0.3, -0.25) is 0 Å². The van der Waals surface area contributed by atoms with Gasteiger partial charge in [-0.1, -0.05) is 6.92 Å². The molecule has 0 saturated carbocycles. The van der Waals surface area contributed by atoms with E-state index in [1.54, 1.807) is 4.57 Å². The Labute approximate surface area is 124 Å². The minimum atomic E-state index is -3.84. The van der Waals surface area contributed by atoms with Crippen molar-refractivity contribution < 1.29 is 17.9 Å². The molecule has 0 amide bonds. The number of hydrogen-bond donors (Lipinski definition) is 2. The van der Waals surface area contributed by atoms with Crippen LogP contribution in [-0.4, -0.2) is 38.7 Å². The van der Waals surface area contributed by atoms with Crippen LogP contribution in [0.2, 0.25) is 0 Å². The van der Waals surface area contributed by atoms with Crippen LogP contribution in [0.3, 0.4) is 0 Å². The number of nitrogens with zero attached hydrogens (tertiary/aromatic N) is 1. The number of esters is 1.